The van der Waals surface area contributed by atoms with E-state index in [2.05, 4.69) is 5.32 Å². The van der Waals surface area contributed by atoms with Gasteiger partial charge < -0.3 is 5.32 Å². The molecule has 0 spiro atoms. The first-order valence-corrected chi connectivity index (χ1v) is 10.6. The summed E-state index contributed by atoms with van der Waals surface area (Å²) in [6, 6.07) is 10.6. The Balaban J connectivity index is 2.14. The van der Waals surface area contributed by atoms with E-state index in [-0.39, 0.29) is 22.9 Å². The van der Waals surface area contributed by atoms with Crippen LogP contribution in [0.1, 0.15) is 42.7 Å². The number of halogens is 2. The predicted octanol–water partition coefficient (Wildman–Crippen LogP) is 4.51. The van der Waals surface area contributed by atoms with E-state index < -0.39 is 10.0 Å². The largest absolute Gasteiger partial charge is 0.346 e. The zero-order valence-electron chi connectivity index (χ0n) is 15.5. The molecule has 0 fully saturated rings. The summed E-state index contributed by atoms with van der Waals surface area (Å²) >= 11 is 11.9. The summed E-state index contributed by atoms with van der Waals surface area (Å²) in [5.41, 5.74) is 1.18. The molecule has 0 saturated heterocycles. The molecule has 5 nitrogen and oxygen atoms in total. The minimum Gasteiger partial charge on any atom is -0.346 e. The van der Waals surface area contributed by atoms with Crippen LogP contribution in [0.15, 0.2) is 47.4 Å². The summed E-state index contributed by atoms with van der Waals surface area (Å²) in [5, 5.41) is 3.72. The van der Waals surface area contributed by atoms with Crippen molar-refractivity contribution in [2.24, 2.45) is 0 Å². The zero-order valence-corrected chi connectivity index (χ0v) is 17.9. The maximum Gasteiger partial charge on any atom is 0.251 e. The highest BCUT2D eigenvalue weighted by molar-refractivity contribution is 7.89. The molecule has 0 aromatic heterocycles. The molecule has 0 radical (unpaired) electrons. The number of carbonyl (C=O) groups is 1. The molecular weight excluding hydrogens is 407 g/mol. The highest BCUT2D eigenvalue weighted by atomic mass is 35.5. The predicted molar refractivity (Wildman–Crippen MR) is 109 cm³/mol. The number of rotatable bonds is 6. The van der Waals surface area contributed by atoms with Crippen molar-refractivity contribution in [3.63, 3.8) is 0 Å². The second-order valence-electron chi connectivity index (χ2n) is 6.51. The van der Waals surface area contributed by atoms with Crippen molar-refractivity contribution in [1.82, 2.24) is 9.62 Å². The molecule has 2 aromatic carbocycles. The molecule has 0 bridgehead atoms. The molecule has 1 atom stereocenters. The van der Waals surface area contributed by atoms with E-state index in [1.165, 1.54) is 35.6 Å². The number of nitrogens with zero attached hydrogens (tertiary/aromatic N) is 1. The second-order valence-corrected chi connectivity index (χ2v) is 9.32. The van der Waals surface area contributed by atoms with Crippen molar-refractivity contribution >= 4 is 39.1 Å². The summed E-state index contributed by atoms with van der Waals surface area (Å²) in [7, 11) is -2.05. The van der Waals surface area contributed by atoms with E-state index in [4.69, 9.17) is 23.2 Å². The van der Waals surface area contributed by atoms with Gasteiger partial charge in [-0.25, -0.2) is 8.42 Å². The van der Waals surface area contributed by atoms with Gasteiger partial charge in [-0.05, 0) is 62.7 Å². The normalized spacial score (nSPS) is 13.0. The monoisotopic (exact) mass is 428 g/mol. The van der Waals surface area contributed by atoms with E-state index >= 15 is 0 Å². The maximum absolute atomic E-state index is 12.5. The molecule has 1 amide bonds. The Labute approximate surface area is 170 Å². The molecule has 0 saturated carbocycles. The smallest absolute Gasteiger partial charge is 0.251 e. The molecule has 0 heterocycles. The van der Waals surface area contributed by atoms with Crippen molar-refractivity contribution in [3.05, 3.63) is 63.6 Å². The third-order valence-electron chi connectivity index (χ3n) is 4.31. The Morgan fingerprint density at radius 2 is 1.59 bits per heavy atom. The van der Waals surface area contributed by atoms with Crippen LogP contribution in [0.5, 0.6) is 0 Å². The molecule has 2 rings (SSSR count). The first kappa shape index (κ1) is 21.7. The molecule has 1 N–H and O–H groups in total. The third-order valence-corrected chi connectivity index (χ3v) is 7.10. The van der Waals surface area contributed by atoms with Crippen LogP contribution in [0, 0.1) is 0 Å². The van der Waals surface area contributed by atoms with Crippen molar-refractivity contribution < 1.29 is 13.2 Å². The number of benzene rings is 2. The molecule has 0 aliphatic heterocycles. The highest BCUT2D eigenvalue weighted by Crippen LogP contribution is 2.25. The van der Waals surface area contributed by atoms with E-state index in [1.54, 1.807) is 32.0 Å². The Morgan fingerprint density at radius 1 is 1.00 bits per heavy atom. The lowest BCUT2D eigenvalue weighted by Gasteiger charge is -2.21. The lowest BCUT2D eigenvalue weighted by molar-refractivity contribution is 0.0939. The van der Waals surface area contributed by atoms with Gasteiger partial charge in [0.1, 0.15) is 0 Å². The molecule has 0 aliphatic carbocycles. The van der Waals surface area contributed by atoms with Gasteiger partial charge >= 0.3 is 0 Å². The van der Waals surface area contributed by atoms with Crippen LogP contribution < -0.4 is 5.32 Å². The van der Waals surface area contributed by atoms with Crippen LogP contribution in [0.4, 0.5) is 0 Å². The van der Waals surface area contributed by atoms with Gasteiger partial charge in [-0.15, -0.1) is 0 Å². The van der Waals surface area contributed by atoms with Crippen LogP contribution in [0.2, 0.25) is 10.0 Å². The number of carbonyl (C=O) groups excluding carboxylic acids is 1. The molecule has 27 heavy (non-hydrogen) atoms. The Bertz CT molecular complexity index is 928. The highest BCUT2D eigenvalue weighted by Gasteiger charge is 2.23. The van der Waals surface area contributed by atoms with Gasteiger partial charge in [0.2, 0.25) is 10.0 Å². The van der Waals surface area contributed by atoms with E-state index in [0.717, 1.165) is 5.56 Å². The average Bonchev–Trinajstić information content (AvgIpc) is 2.63. The van der Waals surface area contributed by atoms with Crippen molar-refractivity contribution in [2.75, 3.05) is 7.05 Å². The zero-order chi connectivity index (χ0) is 20.4. The Morgan fingerprint density at radius 3 is 2.11 bits per heavy atom. The summed E-state index contributed by atoms with van der Waals surface area (Å²) in [6.07, 6.45) is 0. The standard InChI is InChI=1S/C19H22Cl2N2O3S/c1-12(2)23(4)27(25,26)16-8-5-14(6-9-16)19(24)22-13(3)15-7-10-17(20)18(21)11-15/h5-13H,1-4H3,(H,22,24). The first-order chi connectivity index (χ1) is 12.5. The SMILES string of the molecule is CC(NC(=O)c1ccc(S(=O)(=O)N(C)C(C)C)cc1)c1ccc(Cl)c(Cl)c1. The molecule has 2 aromatic rings. The molecule has 0 aliphatic rings. The van der Waals surface area contributed by atoms with Crippen LogP contribution in [-0.4, -0.2) is 31.7 Å². The molecule has 1 unspecified atom stereocenters. The van der Waals surface area contributed by atoms with Gasteiger partial charge in [0.05, 0.1) is 21.0 Å². The van der Waals surface area contributed by atoms with Gasteiger partial charge in [-0.3, -0.25) is 4.79 Å². The number of sulfonamides is 1. The van der Waals surface area contributed by atoms with Crippen molar-refractivity contribution in [1.29, 1.82) is 0 Å². The quantitative estimate of drug-likeness (QED) is 0.735. The van der Waals surface area contributed by atoms with Crippen LogP contribution in [0.25, 0.3) is 0 Å². The van der Waals surface area contributed by atoms with Gasteiger partial charge in [0.25, 0.3) is 5.91 Å². The van der Waals surface area contributed by atoms with Gasteiger partial charge in [-0.1, -0.05) is 29.3 Å². The van der Waals surface area contributed by atoms with Crippen LogP contribution in [0.3, 0.4) is 0 Å². The molecular formula is C19H22Cl2N2O3S. The van der Waals surface area contributed by atoms with Crippen molar-refractivity contribution in [3.8, 4) is 0 Å². The third kappa shape index (κ3) is 5.02. The van der Waals surface area contributed by atoms with E-state index in [1.807, 2.05) is 6.92 Å². The van der Waals surface area contributed by atoms with Gasteiger partial charge in [0, 0.05) is 18.7 Å². The first-order valence-electron chi connectivity index (χ1n) is 8.38. The second kappa shape index (κ2) is 8.61. The van der Waals surface area contributed by atoms with Crippen molar-refractivity contribution in [2.45, 2.75) is 37.8 Å². The van der Waals surface area contributed by atoms with Crippen LogP contribution in [-0.2, 0) is 10.0 Å². The van der Waals surface area contributed by atoms with E-state index in [9.17, 15) is 13.2 Å². The summed E-state index contributed by atoms with van der Waals surface area (Å²) in [4.78, 5) is 12.6. The number of amides is 1. The lowest BCUT2D eigenvalue weighted by Crippen LogP contribution is -2.33. The van der Waals surface area contributed by atoms with Crippen LogP contribution >= 0.6 is 23.2 Å². The summed E-state index contributed by atoms with van der Waals surface area (Å²) < 4.78 is 26.2. The van der Waals surface area contributed by atoms with E-state index in [0.29, 0.717) is 15.6 Å². The topological polar surface area (TPSA) is 66.5 Å². The fourth-order valence-corrected chi connectivity index (χ4v) is 4.04. The fraction of sp³-hybridized carbons (Fsp3) is 0.316. The minimum absolute atomic E-state index is 0.146. The minimum atomic E-state index is -3.58. The number of hydrogen-bond donors (Lipinski definition) is 1. The Kier molecular flexibility index (Phi) is 6.92. The van der Waals surface area contributed by atoms with Gasteiger partial charge in [0.15, 0.2) is 0 Å². The lowest BCUT2D eigenvalue weighted by atomic mass is 10.1. The maximum atomic E-state index is 12.5. The molecule has 146 valence electrons. The Hall–Kier alpha value is -1.60. The number of hydrogen-bond acceptors (Lipinski definition) is 3. The fourth-order valence-electron chi connectivity index (χ4n) is 2.37. The molecule has 8 heteroatoms. The summed E-state index contributed by atoms with van der Waals surface area (Å²) in [5.74, 6) is -0.310. The summed E-state index contributed by atoms with van der Waals surface area (Å²) in [6.45, 7) is 5.42. The number of nitrogens with one attached hydrogen (secondary N) is 1. The average molecular weight is 429 g/mol. The van der Waals surface area contributed by atoms with Gasteiger partial charge in [-0.2, -0.15) is 4.31 Å².